The molecule has 21 heavy (non-hydrogen) atoms. The van der Waals surface area contributed by atoms with Crippen molar-refractivity contribution in [2.24, 2.45) is 0 Å². The molecule has 0 heterocycles. The zero-order valence-corrected chi connectivity index (χ0v) is 13.4. The maximum absolute atomic E-state index is 12.2. The maximum atomic E-state index is 12.2. The van der Waals surface area contributed by atoms with E-state index in [4.69, 9.17) is 23.2 Å². The minimum atomic E-state index is -0.621. The molecule has 0 aliphatic rings. The Labute approximate surface area is 138 Å². The van der Waals surface area contributed by atoms with E-state index in [1.165, 1.54) is 24.3 Å². The highest BCUT2D eigenvalue weighted by Gasteiger charge is 2.19. The number of nitrogens with zero attached hydrogens (tertiary/aromatic N) is 1. The molecular weight excluding hydrogens is 383 g/mol. The zero-order valence-electron chi connectivity index (χ0n) is 10.3. The van der Waals surface area contributed by atoms with Gasteiger partial charge in [0.15, 0.2) is 0 Å². The molecule has 1 amide bonds. The molecule has 0 atom stereocenters. The average Bonchev–Trinajstić information content (AvgIpc) is 2.43. The SMILES string of the molecule is O=C(Nc1ccc(Cl)cc1[N+](=O)[O-])c1cccc(Br)c1Cl. The first-order chi connectivity index (χ1) is 9.90. The minimum absolute atomic E-state index is 0.0467. The van der Waals surface area contributed by atoms with Crippen LogP contribution < -0.4 is 5.32 Å². The van der Waals surface area contributed by atoms with Gasteiger partial charge in [-0.05, 0) is 40.2 Å². The molecule has 2 aromatic carbocycles. The number of benzene rings is 2. The van der Waals surface area contributed by atoms with Gasteiger partial charge in [-0.2, -0.15) is 0 Å². The van der Waals surface area contributed by atoms with Crippen molar-refractivity contribution in [2.75, 3.05) is 5.32 Å². The lowest BCUT2D eigenvalue weighted by Gasteiger charge is -2.08. The smallest absolute Gasteiger partial charge is 0.294 e. The second-order valence-corrected chi connectivity index (χ2v) is 5.64. The summed E-state index contributed by atoms with van der Waals surface area (Å²) in [5.41, 5.74) is -0.0392. The molecule has 0 unspecified atom stereocenters. The number of hydrogen-bond acceptors (Lipinski definition) is 3. The maximum Gasteiger partial charge on any atom is 0.294 e. The van der Waals surface area contributed by atoms with Gasteiger partial charge in [0.25, 0.3) is 11.6 Å². The monoisotopic (exact) mass is 388 g/mol. The first-order valence-electron chi connectivity index (χ1n) is 5.59. The Bertz CT molecular complexity index is 737. The van der Waals surface area contributed by atoms with E-state index in [9.17, 15) is 14.9 Å². The number of halogens is 3. The van der Waals surface area contributed by atoms with Gasteiger partial charge in [-0.15, -0.1) is 0 Å². The number of amides is 1. The summed E-state index contributed by atoms with van der Waals surface area (Å²) < 4.78 is 0.558. The first kappa shape index (κ1) is 15.8. The van der Waals surface area contributed by atoms with Crippen molar-refractivity contribution in [3.05, 3.63) is 66.6 Å². The number of nitrogens with one attached hydrogen (secondary N) is 1. The Morgan fingerprint density at radius 1 is 1.24 bits per heavy atom. The number of nitro groups is 1. The van der Waals surface area contributed by atoms with Crippen LogP contribution in [0.1, 0.15) is 10.4 Å². The van der Waals surface area contributed by atoms with E-state index >= 15 is 0 Å². The third kappa shape index (κ3) is 3.53. The normalized spacial score (nSPS) is 10.2. The molecule has 0 aromatic heterocycles. The topological polar surface area (TPSA) is 72.2 Å². The summed E-state index contributed by atoms with van der Waals surface area (Å²) >= 11 is 14.9. The van der Waals surface area contributed by atoms with Crippen LogP contribution in [0, 0.1) is 10.1 Å². The highest BCUT2D eigenvalue weighted by molar-refractivity contribution is 9.10. The molecule has 8 heteroatoms. The Balaban J connectivity index is 2.36. The second-order valence-electron chi connectivity index (χ2n) is 3.97. The van der Waals surface area contributed by atoms with Gasteiger partial charge < -0.3 is 5.32 Å². The third-order valence-corrected chi connectivity index (χ3v) is 4.13. The fraction of sp³-hybridized carbons (Fsp3) is 0. The Morgan fingerprint density at radius 2 is 1.95 bits per heavy atom. The largest absolute Gasteiger partial charge is 0.316 e. The number of carbonyl (C=O) groups excluding carboxylic acids is 1. The lowest BCUT2D eigenvalue weighted by Crippen LogP contribution is -2.13. The fourth-order valence-electron chi connectivity index (χ4n) is 1.63. The summed E-state index contributed by atoms with van der Waals surface area (Å²) in [5, 5.41) is 13.9. The minimum Gasteiger partial charge on any atom is -0.316 e. The van der Waals surface area contributed by atoms with Crippen LogP contribution in [0.15, 0.2) is 40.9 Å². The van der Waals surface area contributed by atoms with Gasteiger partial charge in [-0.3, -0.25) is 14.9 Å². The quantitative estimate of drug-likeness (QED) is 0.598. The molecule has 0 aliphatic heterocycles. The van der Waals surface area contributed by atoms with E-state index in [-0.39, 0.29) is 27.0 Å². The van der Waals surface area contributed by atoms with E-state index < -0.39 is 10.8 Å². The van der Waals surface area contributed by atoms with Crippen molar-refractivity contribution in [1.29, 1.82) is 0 Å². The molecule has 1 N–H and O–H groups in total. The predicted octanol–water partition coefficient (Wildman–Crippen LogP) is 4.92. The number of carbonyl (C=O) groups is 1. The number of nitro benzene ring substituents is 1. The summed E-state index contributed by atoms with van der Waals surface area (Å²) in [6, 6.07) is 8.83. The van der Waals surface area contributed by atoms with Crippen LogP contribution in [0.2, 0.25) is 10.0 Å². The molecule has 0 aliphatic carbocycles. The van der Waals surface area contributed by atoms with Crippen LogP contribution >= 0.6 is 39.1 Å². The van der Waals surface area contributed by atoms with Gasteiger partial charge in [0, 0.05) is 15.6 Å². The van der Waals surface area contributed by atoms with E-state index in [2.05, 4.69) is 21.2 Å². The lowest BCUT2D eigenvalue weighted by molar-refractivity contribution is -0.383. The number of anilines is 1. The molecule has 5 nitrogen and oxygen atoms in total. The van der Waals surface area contributed by atoms with E-state index in [0.717, 1.165) is 0 Å². The van der Waals surface area contributed by atoms with Gasteiger partial charge in [-0.1, -0.05) is 29.3 Å². The van der Waals surface area contributed by atoms with Crippen molar-refractivity contribution in [1.82, 2.24) is 0 Å². The molecule has 0 spiro atoms. The molecule has 0 saturated heterocycles. The average molecular weight is 390 g/mol. The van der Waals surface area contributed by atoms with Crippen LogP contribution in [0.25, 0.3) is 0 Å². The Morgan fingerprint density at radius 3 is 2.62 bits per heavy atom. The number of rotatable bonds is 3. The van der Waals surface area contributed by atoms with Crippen molar-refractivity contribution < 1.29 is 9.72 Å². The fourth-order valence-corrected chi connectivity index (χ4v) is 2.37. The summed E-state index contributed by atoms with van der Waals surface area (Å²) in [4.78, 5) is 22.5. The molecule has 108 valence electrons. The van der Waals surface area contributed by atoms with Crippen molar-refractivity contribution >= 4 is 56.4 Å². The molecular formula is C13H7BrCl2N2O3. The lowest BCUT2D eigenvalue weighted by atomic mass is 10.2. The van der Waals surface area contributed by atoms with Gasteiger partial charge in [0.1, 0.15) is 5.69 Å². The van der Waals surface area contributed by atoms with Crippen LogP contribution in [0.3, 0.4) is 0 Å². The Hall–Kier alpha value is -1.63. The predicted molar refractivity (Wildman–Crippen MR) is 85.2 cm³/mol. The van der Waals surface area contributed by atoms with E-state index in [0.29, 0.717) is 4.47 Å². The van der Waals surface area contributed by atoms with Crippen LogP contribution in [0.4, 0.5) is 11.4 Å². The summed E-state index contributed by atoms with van der Waals surface area (Å²) in [5.74, 6) is -0.549. The standard InChI is InChI=1S/C13H7BrCl2N2O3/c14-9-3-1-2-8(12(9)16)13(19)17-10-5-4-7(15)6-11(10)18(20)21/h1-6H,(H,17,19). The zero-order chi connectivity index (χ0) is 15.6. The molecule has 0 bridgehead atoms. The highest BCUT2D eigenvalue weighted by Crippen LogP contribution is 2.30. The molecule has 0 saturated carbocycles. The van der Waals surface area contributed by atoms with Crippen molar-refractivity contribution in [3.8, 4) is 0 Å². The second kappa shape index (κ2) is 6.43. The first-order valence-corrected chi connectivity index (χ1v) is 7.14. The van der Waals surface area contributed by atoms with Crippen LogP contribution in [-0.4, -0.2) is 10.8 Å². The van der Waals surface area contributed by atoms with Gasteiger partial charge in [0.05, 0.1) is 15.5 Å². The van der Waals surface area contributed by atoms with Crippen molar-refractivity contribution in [2.45, 2.75) is 0 Å². The highest BCUT2D eigenvalue weighted by atomic mass is 79.9. The van der Waals surface area contributed by atoms with Gasteiger partial charge in [0.2, 0.25) is 0 Å². The van der Waals surface area contributed by atoms with E-state index in [1.54, 1.807) is 12.1 Å². The number of hydrogen-bond donors (Lipinski definition) is 1. The summed E-state index contributed by atoms with van der Waals surface area (Å²) in [7, 11) is 0. The summed E-state index contributed by atoms with van der Waals surface area (Å²) in [6.45, 7) is 0. The van der Waals surface area contributed by atoms with Gasteiger partial charge in [-0.25, -0.2) is 0 Å². The Kier molecular flexibility index (Phi) is 4.82. The third-order valence-electron chi connectivity index (χ3n) is 2.60. The van der Waals surface area contributed by atoms with Crippen molar-refractivity contribution in [3.63, 3.8) is 0 Å². The van der Waals surface area contributed by atoms with Gasteiger partial charge >= 0.3 is 0 Å². The van der Waals surface area contributed by atoms with E-state index in [1.807, 2.05) is 0 Å². The molecule has 2 rings (SSSR count). The summed E-state index contributed by atoms with van der Waals surface area (Å²) in [6.07, 6.45) is 0. The molecule has 0 fully saturated rings. The van der Waals surface area contributed by atoms with Crippen LogP contribution in [0.5, 0.6) is 0 Å². The molecule has 2 aromatic rings. The van der Waals surface area contributed by atoms with Crippen LogP contribution in [-0.2, 0) is 0 Å². The molecule has 0 radical (unpaired) electrons.